The third-order valence-electron chi connectivity index (χ3n) is 0.726. The second-order valence-electron chi connectivity index (χ2n) is 1.58. The summed E-state index contributed by atoms with van der Waals surface area (Å²) < 4.78 is 33.1. The van der Waals surface area contributed by atoms with Gasteiger partial charge in [0.15, 0.2) is 0 Å². The maximum atomic E-state index is 9.73. The predicted octanol–water partition coefficient (Wildman–Crippen LogP) is 0.478. The third-order valence-corrected chi connectivity index (χ3v) is 1.18. The van der Waals surface area contributed by atoms with Crippen molar-refractivity contribution in [2.45, 2.75) is 19.8 Å². The lowest BCUT2D eigenvalue weighted by Crippen LogP contribution is -2.02. The zero-order chi connectivity index (χ0) is 7.33. The van der Waals surface area contributed by atoms with Crippen molar-refractivity contribution in [2.24, 2.45) is 0 Å². The highest BCUT2D eigenvalue weighted by molar-refractivity contribution is 7.80. The molecule has 0 N–H and O–H groups in total. The monoisotopic (exact) mass is 153 g/mol. The van der Waals surface area contributed by atoms with E-state index in [0.717, 1.165) is 6.42 Å². The van der Waals surface area contributed by atoms with Gasteiger partial charge in [-0.3, -0.25) is 0 Å². The molecule has 0 aliphatic carbocycles. The topological polar surface area (TPSA) is 63.3 Å². The van der Waals surface area contributed by atoms with Gasteiger partial charge in [0.2, 0.25) is 0 Å². The van der Waals surface area contributed by atoms with Crippen LogP contribution >= 0.6 is 0 Å². The van der Waals surface area contributed by atoms with Gasteiger partial charge in [-0.15, -0.1) is 0 Å². The normalized spacial score (nSPS) is 11.8. The van der Waals surface area contributed by atoms with E-state index < -0.39 is 10.4 Å². The van der Waals surface area contributed by atoms with Gasteiger partial charge in [-0.05, 0) is 6.42 Å². The summed E-state index contributed by atoms with van der Waals surface area (Å²) >= 11 is 0. The molecule has 0 saturated heterocycles. The van der Waals surface area contributed by atoms with Crippen molar-refractivity contribution in [1.29, 1.82) is 0 Å². The Labute approximate surface area is 54.8 Å². The van der Waals surface area contributed by atoms with Crippen LogP contribution in [0.25, 0.3) is 0 Å². The summed E-state index contributed by atoms with van der Waals surface area (Å²) in [5.41, 5.74) is 0. The van der Waals surface area contributed by atoms with Crippen LogP contribution in [0.15, 0.2) is 0 Å². The van der Waals surface area contributed by atoms with Crippen LogP contribution < -0.4 is 0 Å². The SMILES string of the molecule is CCCCOS([O])(=O)=O. The van der Waals surface area contributed by atoms with E-state index in [1.165, 1.54) is 0 Å². The molecule has 1 radical (unpaired) electrons. The molecule has 0 heterocycles. The fourth-order valence-corrected chi connectivity index (χ4v) is 0.627. The van der Waals surface area contributed by atoms with Crippen molar-refractivity contribution in [1.82, 2.24) is 0 Å². The number of hydrogen-bond acceptors (Lipinski definition) is 3. The molecule has 0 spiro atoms. The van der Waals surface area contributed by atoms with Crippen LogP contribution in [0.5, 0.6) is 0 Å². The van der Waals surface area contributed by atoms with Gasteiger partial charge in [0.1, 0.15) is 0 Å². The number of hydrogen-bond donors (Lipinski definition) is 0. The van der Waals surface area contributed by atoms with Crippen molar-refractivity contribution in [3.63, 3.8) is 0 Å². The van der Waals surface area contributed by atoms with Crippen molar-refractivity contribution in [3.8, 4) is 0 Å². The van der Waals surface area contributed by atoms with Gasteiger partial charge in [-0.25, -0.2) is 4.18 Å². The van der Waals surface area contributed by atoms with Gasteiger partial charge < -0.3 is 0 Å². The molecule has 0 fully saturated rings. The van der Waals surface area contributed by atoms with Crippen LogP contribution in [0, 0.1) is 0 Å². The van der Waals surface area contributed by atoms with Gasteiger partial charge in [0.05, 0.1) is 6.61 Å². The van der Waals surface area contributed by atoms with Crippen LogP contribution in [-0.4, -0.2) is 15.0 Å². The summed E-state index contributed by atoms with van der Waals surface area (Å²) in [7, 11) is -4.45. The van der Waals surface area contributed by atoms with Crippen LogP contribution in [0.4, 0.5) is 0 Å². The second kappa shape index (κ2) is 3.81. The van der Waals surface area contributed by atoms with Gasteiger partial charge in [-0.2, -0.15) is 8.42 Å². The van der Waals surface area contributed by atoms with Crippen LogP contribution in [-0.2, 0) is 19.1 Å². The summed E-state index contributed by atoms with van der Waals surface area (Å²) in [4.78, 5) is 0. The summed E-state index contributed by atoms with van der Waals surface area (Å²) in [6.07, 6.45) is 1.41. The molecule has 5 heteroatoms. The van der Waals surface area contributed by atoms with E-state index in [1.54, 1.807) is 0 Å². The molecule has 55 valence electrons. The Kier molecular flexibility index (Phi) is 3.76. The molecule has 0 aromatic heterocycles. The molecule has 0 unspecified atom stereocenters. The molecule has 0 rings (SSSR count). The van der Waals surface area contributed by atoms with E-state index >= 15 is 0 Å². The van der Waals surface area contributed by atoms with Crippen molar-refractivity contribution >= 4 is 10.4 Å². The van der Waals surface area contributed by atoms with Crippen molar-refractivity contribution in [2.75, 3.05) is 6.61 Å². The summed E-state index contributed by atoms with van der Waals surface area (Å²) in [6.45, 7) is 1.88. The summed E-state index contributed by atoms with van der Waals surface area (Å²) in [5.74, 6) is 0. The highest BCUT2D eigenvalue weighted by Gasteiger charge is 2.03. The first-order valence-electron chi connectivity index (χ1n) is 2.66. The highest BCUT2D eigenvalue weighted by Crippen LogP contribution is 1.92. The minimum absolute atomic E-state index is 0.00231. The van der Waals surface area contributed by atoms with E-state index in [0.29, 0.717) is 6.42 Å². The molecule has 4 nitrogen and oxygen atoms in total. The summed E-state index contributed by atoms with van der Waals surface area (Å²) in [6, 6.07) is 0. The Morgan fingerprint density at radius 3 is 2.33 bits per heavy atom. The fourth-order valence-electron chi connectivity index (χ4n) is 0.305. The van der Waals surface area contributed by atoms with Gasteiger partial charge in [-0.1, -0.05) is 17.9 Å². The lowest BCUT2D eigenvalue weighted by Gasteiger charge is -1.93. The molecule has 0 atom stereocenters. The number of rotatable bonds is 4. The van der Waals surface area contributed by atoms with E-state index in [2.05, 4.69) is 4.18 Å². The minimum Gasteiger partial charge on any atom is -0.246 e. The summed E-state index contributed by atoms with van der Waals surface area (Å²) in [5, 5.41) is 0. The Balaban J connectivity index is 3.30. The van der Waals surface area contributed by atoms with Gasteiger partial charge in [0, 0.05) is 0 Å². The van der Waals surface area contributed by atoms with Crippen LogP contribution in [0.1, 0.15) is 19.8 Å². The first-order valence-corrected chi connectivity index (χ1v) is 4.00. The molecule has 9 heavy (non-hydrogen) atoms. The molecule has 0 bridgehead atoms. The molecule has 0 aliphatic heterocycles. The first-order chi connectivity index (χ1) is 4.06. The molecular weight excluding hydrogens is 144 g/mol. The van der Waals surface area contributed by atoms with Crippen LogP contribution in [0.2, 0.25) is 0 Å². The van der Waals surface area contributed by atoms with E-state index in [-0.39, 0.29) is 6.61 Å². The fraction of sp³-hybridized carbons (Fsp3) is 1.00. The third kappa shape index (κ3) is 7.87. The Morgan fingerprint density at radius 1 is 1.44 bits per heavy atom. The van der Waals surface area contributed by atoms with E-state index in [4.69, 9.17) is 0 Å². The first kappa shape index (κ1) is 8.87. The highest BCUT2D eigenvalue weighted by atomic mass is 32.3. The second-order valence-corrected chi connectivity index (χ2v) is 2.64. The Hall–Kier alpha value is -0.130. The zero-order valence-corrected chi connectivity index (χ0v) is 5.98. The molecule has 0 aromatic rings. The smallest absolute Gasteiger partial charge is 0.246 e. The van der Waals surface area contributed by atoms with Crippen LogP contribution in [0.3, 0.4) is 0 Å². The average molecular weight is 153 g/mol. The standard InChI is InChI=1S/C4H9O4S/c1-2-3-4-8-9(5,6)7/h2-4H2,1H3. The van der Waals surface area contributed by atoms with Crippen molar-refractivity contribution < 1.29 is 17.2 Å². The predicted molar refractivity (Wildman–Crippen MR) is 30.5 cm³/mol. The molecular formula is C4H9O4S. The largest absolute Gasteiger partial charge is 0.427 e. The minimum atomic E-state index is -4.45. The van der Waals surface area contributed by atoms with E-state index in [9.17, 15) is 13.0 Å². The van der Waals surface area contributed by atoms with E-state index in [1.807, 2.05) is 6.92 Å². The lowest BCUT2D eigenvalue weighted by atomic mass is 10.4. The Bertz CT molecular complexity index is 148. The molecule has 0 saturated carbocycles. The van der Waals surface area contributed by atoms with Gasteiger partial charge in [0.25, 0.3) is 0 Å². The quantitative estimate of drug-likeness (QED) is 0.552. The Morgan fingerprint density at radius 2 is 2.00 bits per heavy atom. The lowest BCUT2D eigenvalue weighted by molar-refractivity contribution is 0.240. The zero-order valence-electron chi connectivity index (χ0n) is 5.16. The molecule has 0 aliphatic rings. The molecule has 0 aromatic carbocycles. The maximum Gasteiger partial charge on any atom is 0.427 e. The number of unbranched alkanes of at least 4 members (excludes halogenated alkanes) is 1. The maximum absolute atomic E-state index is 9.73. The van der Waals surface area contributed by atoms with Gasteiger partial charge >= 0.3 is 10.4 Å². The van der Waals surface area contributed by atoms with Crippen molar-refractivity contribution in [3.05, 3.63) is 0 Å². The molecule has 0 amide bonds. The average Bonchev–Trinajstić information content (AvgIpc) is 1.63.